The van der Waals surface area contributed by atoms with Gasteiger partial charge in [0.05, 0.1) is 3.57 Å². The fourth-order valence-corrected chi connectivity index (χ4v) is 3.49. The quantitative estimate of drug-likeness (QED) is 0.692. The first-order valence-corrected chi connectivity index (χ1v) is 7.86. The second-order valence-corrected chi connectivity index (χ2v) is 6.50. The number of rotatable bonds is 1. The van der Waals surface area contributed by atoms with Gasteiger partial charge in [0.25, 0.3) is 5.91 Å². The maximum Gasteiger partial charge on any atom is 0.280 e. The van der Waals surface area contributed by atoms with Crippen molar-refractivity contribution in [3.63, 3.8) is 0 Å². The van der Waals surface area contributed by atoms with Gasteiger partial charge in [-0.1, -0.05) is 0 Å². The monoisotopic (exact) mass is 399 g/mol. The Morgan fingerprint density at radius 2 is 2.24 bits per heavy atom. The molecule has 2 aromatic rings. The molecule has 3 rings (SSSR count). The molecule has 4 nitrogen and oxygen atoms in total. The third-order valence-electron chi connectivity index (χ3n) is 3.78. The molecule has 0 bridgehead atoms. The summed E-state index contributed by atoms with van der Waals surface area (Å²) in [6.45, 7) is 2.01. The normalized spacial score (nSPS) is 17.7. The minimum Gasteiger partial charge on any atom is -0.304 e. The van der Waals surface area contributed by atoms with Crippen molar-refractivity contribution in [1.29, 1.82) is 0 Å². The van der Waals surface area contributed by atoms with Crippen LogP contribution in [-0.2, 0) is 13.5 Å². The number of fused-ring (bicyclic) bond motifs is 1. The molecule has 1 aliphatic rings. The molecule has 0 saturated heterocycles. The standard InChI is InChI=1S/C15H15FIN3O/c1-9-3-4-10-7-11(16)5-6-13(10)20(9)15(21)14-12(17)8-19(2)18-14/h5-9H,3-4H2,1-2H3. The van der Waals surface area contributed by atoms with Crippen LogP contribution in [-0.4, -0.2) is 21.7 Å². The van der Waals surface area contributed by atoms with Crippen molar-refractivity contribution in [1.82, 2.24) is 9.78 Å². The maximum atomic E-state index is 13.4. The SMILES string of the molecule is CC1CCc2cc(F)ccc2N1C(=O)c1nn(C)cc1I. The van der Waals surface area contributed by atoms with E-state index in [0.717, 1.165) is 27.7 Å². The Balaban J connectivity index is 2.05. The van der Waals surface area contributed by atoms with Crippen LogP contribution in [0.2, 0.25) is 0 Å². The van der Waals surface area contributed by atoms with Crippen LogP contribution in [0, 0.1) is 9.39 Å². The number of carbonyl (C=O) groups is 1. The molecule has 6 heteroatoms. The molecule has 1 atom stereocenters. The van der Waals surface area contributed by atoms with E-state index >= 15 is 0 Å². The Bertz CT molecular complexity index is 713. The average Bonchev–Trinajstić information content (AvgIpc) is 2.77. The number of hydrogen-bond donors (Lipinski definition) is 0. The average molecular weight is 399 g/mol. The first kappa shape index (κ1) is 14.5. The number of anilines is 1. The molecule has 1 unspecified atom stereocenters. The predicted molar refractivity (Wildman–Crippen MR) is 86.9 cm³/mol. The van der Waals surface area contributed by atoms with Gasteiger partial charge in [-0.2, -0.15) is 5.10 Å². The molecule has 0 fully saturated rings. The van der Waals surface area contributed by atoms with E-state index in [1.807, 2.05) is 13.1 Å². The van der Waals surface area contributed by atoms with Gasteiger partial charge in [-0.15, -0.1) is 0 Å². The summed E-state index contributed by atoms with van der Waals surface area (Å²) in [5, 5.41) is 4.25. The molecule has 1 aliphatic heterocycles. The highest BCUT2D eigenvalue weighted by Gasteiger charge is 2.31. The summed E-state index contributed by atoms with van der Waals surface area (Å²) in [6.07, 6.45) is 3.43. The summed E-state index contributed by atoms with van der Waals surface area (Å²) in [7, 11) is 1.79. The summed E-state index contributed by atoms with van der Waals surface area (Å²) < 4.78 is 15.8. The van der Waals surface area contributed by atoms with Crippen LogP contribution in [0.15, 0.2) is 24.4 Å². The molecule has 0 saturated carbocycles. The van der Waals surface area contributed by atoms with Gasteiger partial charge in [0.1, 0.15) is 5.82 Å². The number of halogens is 2. The molecule has 0 aliphatic carbocycles. The largest absolute Gasteiger partial charge is 0.304 e. The number of hydrogen-bond acceptors (Lipinski definition) is 2. The molecule has 0 spiro atoms. The minimum absolute atomic E-state index is 0.0771. The number of carbonyl (C=O) groups excluding carboxylic acids is 1. The fourth-order valence-electron chi connectivity index (χ4n) is 2.75. The van der Waals surface area contributed by atoms with Gasteiger partial charge in [0, 0.05) is 25.0 Å². The molecule has 0 radical (unpaired) electrons. The van der Waals surface area contributed by atoms with Gasteiger partial charge in [-0.05, 0) is 66.1 Å². The van der Waals surface area contributed by atoms with Crippen molar-refractivity contribution in [2.75, 3.05) is 4.90 Å². The van der Waals surface area contributed by atoms with Crippen LogP contribution in [0.5, 0.6) is 0 Å². The maximum absolute atomic E-state index is 13.4. The summed E-state index contributed by atoms with van der Waals surface area (Å²) in [6, 6.07) is 4.69. The van der Waals surface area contributed by atoms with Crippen LogP contribution in [0.25, 0.3) is 0 Å². The molecular weight excluding hydrogens is 384 g/mol. The zero-order valence-electron chi connectivity index (χ0n) is 11.8. The molecule has 1 amide bonds. The Hall–Kier alpha value is -1.44. The lowest BCUT2D eigenvalue weighted by Crippen LogP contribution is -2.42. The first-order valence-electron chi connectivity index (χ1n) is 6.78. The summed E-state index contributed by atoms with van der Waals surface area (Å²) in [5.41, 5.74) is 2.12. The Kier molecular flexibility index (Phi) is 3.73. The van der Waals surface area contributed by atoms with E-state index in [2.05, 4.69) is 27.7 Å². The lowest BCUT2D eigenvalue weighted by molar-refractivity contribution is 0.0969. The van der Waals surface area contributed by atoms with Crippen LogP contribution in [0.3, 0.4) is 0 Å². The smallest absolute Gasteiger partial charge is 0.280 e. The van der Waals surface area contributed by atoms with Crippen LogP contribution < -0.4 is 4.90 Å². The third-order valence-corrected chi connectivity index (χ3v) is 4.57. The summed E-state index contributed by atoms with van der Waals surface area (Å²) >= 11 is 2.11. The fraction of sp³-hybridized carbons (Fsp3) is 0.333. The molecule has 110 valence electrons. The molecular formula is C15H15FIN3O. The van der Waals surface area contributed by atoms with Crippen molar-refractivity contribution >= 4 is 34.2 Å². The predicted octanol–water partition coefficient (Wildman–Crippen LogP) is 3.15. The van der Waals surface area contributed by atoms with Crippen LogP contribution in [0.1, 0.15) is 29.4 Å². The second-order valence-electron chi connectivity index (χ2n) is 5.34. The van der Waals surface area contributed by atoms with E-state index in [9.17, 15) is 9.18 Å². The van der Waals surface area contributed by atoms with Gasteiger partial charge in [0.15, 0.2) is 5.69 Å². The zero-order chi connectivity index (χ0) is 15.1. The van der Waals surface area contributed by atoms with Gasteiger partial charge >= 0.3 is 0 Å². The van der Waals surface area contributed by atoms with Gasteiger partial charge < -0.3 is 4.90 Å². The summed E-state index contributed by atoms with van der Waals surface area (Å²) in [5.74, 6) is -0.386. The molecule has 21 heavy (non-hydrogen) atoms. The van der Waals surface area contributed by atoms with Crippen LogP contribution >= 0.6 is 22.6 Å². The number of aryl methyl sites for hydroxylation is 2. The van der Waals surface area contributed by atoms with E-state index in [1.54, 1.807) is 22.7 Å². The van der Waals surface area contributed by atoms with Crippen molar-refractivity contribution < 1.29 is 9.18 Å². The lowest BCUT2D eigenvalue weighted by Gasteiger charge is -2.35. The van der Waals surface area contributed by atoms with Crippen molar-refractivity contribution in [3.8, 4) is 0 Å². The number of benzene rings is 1. The van der Waals surface area contributed by atoms with E-state index in [0.29, 0.717) is 5.69 Å². The Morgan fingerprint density at radius 1 is 1.48 bits per heavy atom. The van der Waals surface area contributed by atoms with E-state index in [1.165, 1.54) is 12.1 Å². The van der Waals surface area contributed by atoms with Gasteiger partial charge in [-0.25, -0.2) is 4.39 Å². The van der Waals surface area contributed by atoms with Crippen molar-refractivity contribution in [3.05, 3.63) is 45.0 Å². The van der Waals surface area contributed by atoms with E-state index in [-0.39, 0.29) is 17.8 Å². The number of aromatic nitrogens is 2. The molecule has 2 heterocycles. The molecule has 0 N–H and O–H groups in total. The lowest BCUT2D eigenvalue weighted by atomic mass is 9.96. The van der Waals surface area contributed by atoms with Gasteiger partial charge in [-0.3, -0.25) is 9.48 Å². The first-order chi connectivity index (χ1) is 9.97. The van der Waals surface area contributed by atoms with Crippen molar-refractivity contribution in [2.45, 2.75) is 25.8 Å². The van der Waals surface area contributed by atoms with Gasteiger partial charge in [0.2, 0.25) is 0 Å². The Morgan fingerprint density at radius 3 is 2.90 bits per heavy atom. The molecule has 1 aromatic carbocycles. The topological polar surface area (TPSA) is 38.1 Å². The second kappa shape index (κ2) is 5.40. The minimum atomic E-state index is -0.261. The molecule has 1 aromatic heterocycles. The van der Waals surface area contributed by atoms with Crippen LogP contribution in [0.4, 0.5) is 10.1 Å². The Labute approximate surface area is 136 Å². The van der Waals surface area contributed by atoms with E-state index < -0.39 is 0 Å². The third kappa shape index (κ3) is 2.56. The summed E-state index contributed by atoms with van der Waals surface area (Å²) in [4.78, 5) is 14.6. The highest BCUT2D eigenvalue weighted by Crippen LogP contribution is 2.32. The van der Waals surface area contributed by atoms with E-state index in [4.69, 9.17) is 0 Å². The number of amides is 1. The zero-order valence-corrected chi connectivity index (χ0v) is 14.0. The highest BCUT2D eigenvalue weighted by molar-refractivity contribution is 14.1. The number of nitrogens with zero attached hydrogens (tertiary/aromatic N) is 3. The van der Waals surface area contributed by atoms with Crippen molar-refractivity contribution in [2.24, 2.45) is 7.05 Å². The highest BCUT2D eigenvalue weighted by atomic mass is 127.